The molecule has 4 N–H and O–H groups in total. The molecule has 1 aromatic heterocycles. The van der Waals surface area contributed by atoms with Gasteiger partial charge in [-0.15, -0.1) is 11.3 Å². The Labute approximate surface area is 301 Å². The van der Waals surface area contributed by atoms with E-state index in [1.165, 1.54) is 13.2 Å². The summed E-state index contributed by atoms with van der Waals surface area (Å²) in [4.78, 5) is 56.2. The highest BCUT2D eigenvalue weighted by atomic mass is 32.1. The molecule has 0 spiro atoms. The second-order valence-electron chi connectivity index (χ2n) is 15.4. The van der Waals surface area contributed by atoms with Gasteiger partial charge in [0.25, 0.3) is 0 Å². The quantitative estimate of drug-likeness (QED) is 0.111. The fourth-order valence-electron chi connectivity index (χ4n) is 5.98. The molecule has 0 unspecified atom stereocenters. The van der Waals surface area contributed by atoms with E-state index in [1.54, 1.807) is 29.5 Å². The number of aryl methyl sites for hydroxylation is 1. The molecule has 0 bridgehead atoms. The van der Waals surface area contributed by atoms with Gasteiger partial charge in [-0.25, -0.2) is 14.2 Å². The molecule has 0 radical (unpaired) electrons. The Kier molecular flexibility index (Phi) is 13.9. The summed E-state index contributed by atoms with van der Waals surface area (Å²) in [5, 5.41) is 16.8. The van der Waals surface area contributed by atoms with Crippen molar-refractivity contribution in [2.45, 2.75) is 104 Å². The molecule has 3 aromatic rings. The lowest BCUT2D eigenvalue weighted by molar-refractivity contribution is -0.142. The Hall–Kier alpha value is -3.61. The number of thiazole rings is 1. The molecule has 4 atom stereocenters. The maximum atomic E-state index is 14.8. The topological polar surface area (TPSA) is 138 Å². The van der Waals surface area contributed by atoms with Crippen LogP contribution in [0.3, 0.4) is 0 Å². The fraction of sp³-hybridized carbons (Fsp3) is 0.526. The van der Waals surface area contributed by atoms with E-state index in [4.69, 9.17) is 4.74 Å². The number of benzene rings is 2. The number of carboxylic acid groups (broad SMARTS) is 1. The number of rotatable bonds is 16. The molecule has 0 aliphatic rings. The highest BCUT2D eigenvalue weighted by Gasteiger charge is 2.43. The lowest BCUT2D eigenvalue weighted by Crippen LogP contribution is -2.57. The Morgan fingerprint density at radius 3 is 2.16 bits per heavy atom. The lowest BCUT2D eigenvalue weighted by Gasteiger charge is -2.42. The minimum Gasteiger partial charge on any atom is -0.481 e. The van der Waals surface area contributed by atoms with Crippen molar-refractivity contribution in [2.75, 3.05) is 7.11 Å². The van der Waals surface area contributed by atoms with Gasteiger partial charge in [0.2, 0.25) is 5.91 Å². The molecule has 1 heterocycles. The number of aromatic nitrogens is 1. The molecular weight excluding hydrogens is 674 g/mol. The number of nitrogens with one attached hydrogen (secondary N) is 2. The van der Waals surface area contributed by atoms with Gasteiger partial charge in [-0.1, -0.05) is 84.0 Å². The zero-order valence-electron chi connectivity index (χ0n) is 30.8. The van der Waals surface area contributed by atoms with Crippen LogP contribution in [0, 0.1) is 23.1 Å². The molecule has 50 heavy (non-hydrogen) atoms. The van der Waals surface area contributed by atoms with Crippen molar-refractivity contribution in [3.63, 3.8) is 0 Å². The molecule has 0 aliphatic heterocycles. The summed E-state index contributed by atoms with van der Waals surface area (Å²) in [6.45, 7) is 15.2. The number of aliphatic carboxylic acids is 1. The molecule has 0 saturated heterocycles. The van der Waals surface area contributed by atoms with Crippen LogP contribution >= 0.6 is 11.3 Å². The van der Waals surface area contributed by atoms with Crippen LogP contribution in [0.1, 0.15) is 70.5 Å². The number of hydrogen-bond acceptors (Lipinski definition) is 7. The van der Waals surface area contributed by atoms with Gasteiger partial charge < -0.3 is 25.3 Å². The smallest absolute Gasteiger partial charge is 0.407 e. The molecule has 0 fully saturated rings. The predicted octanol–water partition coefficient (Wildman–Crippen LogP) is 7.63. The monoisotopic (exact) mass is 727 g/mol. The van der Waals surface area contributed by atoms with E-state index >= 15 is 0 Å². The third-order valence-electron chi connectivity index (χ3n) is 9.81. The third kappa shape index (κ3) is 11.2. The van der Waals surface area contributed by atoms with Crippen LogP contribution < -0.4 is 10.6 Å². The van der Waals surface area contributed by atoms with Crippen LogP contribution in [-0.2, 0) is 33.6 Å². The maximum absolute atomic E-state index is 14.8. The maximum Gasteiger partial charge on any atom is 0.407 e. The van der Waals surface area contributed by atoms with Crippen molar-refractivity contribution in [3.05, 3.63) is 76.7 Å². The summed E-state index contributed by atoms with van der Waals surface area (Å²) < 4.78 is 19.6. The number of methoxy groups -OCH3 is 1. The number of alkyl carbamates (subject to hydrolysis) is 1. The fourth-order valence-corrected chi connectivity index (χ4v) is 7.61. The highest BCUT2D eigenvalue weighted by Crippen LogP contribution is 2.44. The van der Waals surface area contributed by atoms with Crippen molar-refractivity contribution in [3.8, 4) is 10.4 Å². The van der Waals surface area contributed by atoms with Gasteiger partial charge in [-0.2, -0.15) is 0 Å². The predicted molar refractivity (Wildman–Crippen MR) is 199 cm³/mol. The zero-order chi connectivity index (χ0) is 37.4. The van der Waals surface area contributed by atoms with Crippen LogP contribution in [0.25, 0.3) is 10.4 Å². The number of nitrogens with zero attached hydrogens (tertiary/aromatic N) is 1. The van der Waals surface area contributed by atoms with Crippen molar-refractivity contribution in [1.29, 1.82) is 0 Å². The van der Waals surface area contributed by atoms with Crippen molar-refractivity contribution in [1.82, 2.24) is 15.6 Å². The zero-order valence-corrected chi connectivity index (χ0v) is 32.6. The lowest BCUT2D eigenvalue weighted by atomic mass is 9.78. The second-order valence-corrected chi connectivity index (χ2v) is 21.0. The van der Waals surface area contributed by atoms with E-state index < -0.39 is 66.5 Å². The molecular formula is C38H54FN3O6SSi. The number of carbonyl (C=O) groups is 3. The first kappa shape index (κ1) is 40.8. The molecule has 0 aliphatic carbocycles. The summed E-state index contributed by atoms with van der Waals surface area (Å²) in [6.07, 6.45) is 2.81. The van der Waals surface area contributed by atoms with Crippen LogP contribution in [0.5, 0.6) is 0 Å². The number of halogens is 1. The number of carbonyl (C=O) groups excluding carboxylic acids is 2. The molecule has 2 aromatic carbocycles. The number of amides is 2. The number of hydrogen-bond donors (Lipinski definition) is 4. The molecule has 9 nitrogen and oxygen atoms in total. The SMILES string of the molecule is CCc1ncc(-c2ccc(C[C@H](NC(=O)[C@@H](NC(=O)OC)C(C)(C)C)[C@H](C[C@@H](Cc3ccccc3F)C(=O)O)CC(C)(C)[Si](C)(C)O)cc2)s1. The van der Waals surface area contributed by atoms with Crippen LogP contribution in [0.4, 0.5) is 9.18 Å². The number of ether oxygens (including phenoxy) is 1. The second kappa shape index (κ2) is 17.1. The van der Waals surface area contributed by atoms with Gasteiger partial charge in [0.1, 0.15) is 11.9 Å². The Bertz CT molecular complexity index is 1600. The first-order valence-corrected chi connectivity index (χ1v) is 20.9. The first-order valence-electron chi connectivity index (χ1n) is 17.1. The number of carboxylic acids is 1. The van der Waals surface area contributed by atoms with E-state index in [1.807, 2.05) is 78.2 Å². The van der Waals surface area contributed by atoms with Crippen molar-refractivity contribution < 1.29 is 33.4 Å². The summed E-state index contributed by atoms with van der Waals surface area (Å²) in [6, 6.07) is 12.6. The largest absolute Gasteiger partial charge is 0.481 e. The minimum absolute atomic E-state index is 0.0304. The van der Waals surface area contributed by atoms with E-state index in [0.717, 1.165) is 27.4 Å². The Morgan fingerprint density at radius 1 is 1.00 bits per heavy atom. The average Bonchev–Trinajstić information content (AvgIpc) is 3.52. The summed E-state index contributed by atoms with van der Waals surface area (Å²) in [5.74, 6) is -3.40. The normalized spacial score (nSPS) is 14.7. The van der Waals surface area contributed by atoms with E-state index in [-0.39, 0.29) is 12.8 Å². The van der Waals surface area contributed by atoms with Gasteiger partial charge in [0, 0.05) is 12.2 Å². The van der Waals surface area contributed by atoms with E-state index in [2.05, 4.69) is 22.5 Å². The summed E-state index contributed by atoms with van der Waals surface area (Å²) in [7, 11) is -1.58. The van der Waals surface area contributed by atoms with Crippen molar-refractivity contribution >= 4 is 37.6 Å². The molecule has 12 heteroatoms. The van der Waals surface area contributed by atoms with Gasteiger partial charge >= 0.3 is 12.1 Å². The van der Waals surface area contributed by atoms with Crippen molar-refractivity contribution in [2.24, 2.45) is 17.3 Å². The Morgan fingerprint density at radius 2 is 1.64 bits per heavy atom. The molecule has 274 valence electrons. The van der Waals surface area contributed by atoms with E-state index in [0.29, 0.717) is 18.4 Å². The van der Waals surface area contributed by atoms with Gasteiger partial charge in [0.05, 0.1) is 22.9 Å². The minimum atomic E-state index is -2.81. The van der Waals surface area contributed by atoms with Gasteiger partial charge in [-0.05, 0) is 84.3 Å². The third-order valence-corrected chi connectivity index (χ3v) is 14.5. The standard InChI is InChI=1S/C38H54FN3O6SSi/c1-10-32-40-23-31(49-32)25-17-15-24(16-18-25)19-30(41-34(43)33(37(2,3)4)42-36(46)48-7)28(22-38(5,6)50(8,9)47)21-27(35(44)45)20-26-13-11-12-14-29(26)39/h11-18,23,27-28,30,33,47H,10,19-22H2,1-9H3,(H,41,43)(H,42,46)(H,44,45)/t27-,28-,30+,33-/m1/s1. The van der Waals surface area contributed by atoms with Gasteiger partial charge in [0.15, 0.2) is 8.32 Å². The average molecular weight is 728 g/mol. The van der Waals surface area contributed by atoms with E-state index in [9.17, 15) is 28.7 Å². The molecule has 3 rings (SSSR count). The van der Waals surface area contributed by atoms with Crippen LogP contribution in [-0.4, -0.2) is 60.4 Å². The van der Waals surface area contributed by atoms with Crippen LogP contribution in [0.15, 0.2) is 54.7 Å². The summed E-state index contributed by atoms with van der Waals surface area (Å²) >= 11 is 1.64. The first-order chi connectivity index (χ1) is 23.2. The van der Waals surface area contributed by atoms with Crippen LogP contribution in [0.2, 0.25) is 18.1 Å². The molecule has 0 saturated carbocycles. The van der Waals surface area contributed by atoms with Gasteiger partial charge in [-0.3, -0.25) is 9.59 Å². The summed E-state index contributed by atoms with van der Waals surface area (Å²) in [5.41, 5.74) is 1.54. The Balaban J connectivity index is 2.10. The highest BCUT2D eigenvalue weighted by molar-refractivity contribution is 7.15. The molecule has 2 amide bonds.